The molecule has 0 amide bonds. The first kappa shape index (κ1) is 22.8. The molecule has 3 rings (SSSR count). The van der Waals surface area contributed by atoms with Crippen molar-refractivity contribution >= 4 is 16.9 Å². The number of ether oxygens (including phenoxy) is 2. The highest BCUT2D eigenvalue weighted by Gasteiger charge is 2.40. The zero-order valence-corrected chi connectivity index (χ0v) is 17.9. The Bertz CT molecular complexity index is 1050. The van der Waals surface area contributed by atoms with Crippen LogP contribution in [0.15, 0.2) is 48.1 Å². The summed E-state index contributed by atoms with van der Waals surface area (Å²) in [4.78, 5) is 11.3. The lowest BCUT2D eigenvalue weighted by Gasteiger charge is -2.36. The third-order valence-electron chi connectivity index (χ3n) is 5.25. The van der Waals surface area contributed by atoms with Gasteiger partial charge >= 0.3 is 12.3 Å². The third-order valence-corrected chi connectivity index (χ3v) is 5.25. The monoisotopic (exact) mass is 437 g/mol. The second-order valence-corrected chi connectivity index (χ2v) is 8.63. The predicted molar refractivity (Wildman–Crippen MR) is 110 cm³/mol. The molecule has 1 aromatic carbocycles. The highest BCUT2D eigenvalue weighted by molar-refractivity contribution is 5.94. The van der Waals surface area contributed by atoms with E-state index in [-0.39, 0.29) is 23.7 Å². The summed E-state index contributed by atoms with van der Waals surface area (Å²) in [5, 5.41) is 10.0. The Hall–Kier alpha value is -2.90. The number of benzene rings is 1. The molecule has 168 valence electrons. The number of nitrogens with zero attached hydrogens (tertiary/aromatic N) is 1. The van der Waals surface area contributed by atoms with Gasteiger partial charge in [-0.3, -0.25) is 0 Å². The maximum atomic E-state index is 12.8. The van der Waals surface area contributed by atoms with Crippen LogP contribution in [0.3, 0.4) is 0 Å². The largest absolute Gasteiger partial charge is 0.572 e. The number of rotatable bonds is 7. The van der Waals surface area contributed by atoms with E-state index in [1.54, 1.807) is 18.2 Å². The summed E-state index contributed by atoms with van der Waals surface area (Å²) in [6.07, 6.45) is -0.00940. The van der Waals surface area contributed by atoms with Crippen LogP contribution in [0.5, 0.6) is 0 Å². The molecule has 5 nitrogen and oxygen atoms in total. The molecular weight excluding hydrogens is 411 g/mol. The van der Waals surface area contributed by atoms with Crippen LogP contribution in [-0.2, 0) is 16.0 Å². The summed E-state index contributed by atoms with van der Waals surface area (Å²) in [6.45, 7) is 8.50. The SMILES string of the molecule is Cc1cn(CC2(C)CC(OC(F)(F)F)=CC=C2OCC(C)C)c2ccc(C(=O)O)cc12. The van der Waals surface area contributed by atoms with Gasteiger partial charge in [0.25, 0.3) is 0 Å². The Morgan fingerprint density at radius 1 is 1.29 bits per heavy atom. The van der Waals surface area contributed by atoms with Crippen LogP contribution in [0.1, 0.15) is 43.1 Å². The quantitative estimate of drug-likeness (QED) is 0.574. The van der Waals surface area contributed by atoms with E-state index in [0.29, 0.717) is 18.9 Å². The molecule has 1 aromatic heterocycles. The maximum Gasteiger partial charge on any atom is 0.572 e. The molecule has 0 radical (unpaired) electrons. The zero-order chi connectivity index (χ0) is 23.0. The van der Waals surface area contributed by atoms with E-state index < -0.39 is 17.7 Å². The van der Waals surface area contributed by atoms with Crippen molar-refractivity contribution in [1.29, 1.82) is 0 Å². The first-order chi connectivity index (χ1) is 14.4. The van der Waals surface area contributed by atoms with Crippen LogP contribution in [-0.4, -0.2) is 28.6 Å². The van der Waals surface area contributed by atoms with Gasteiger partial charge in [0.2, 0.25) is 0 Å². The number of carbonyl (C=O) groups is 1. The number of hydrogen-bond acceptors (Lipinski definition) is 3. The van der Waals surface area contributed by atoms with Crippen LogP contribution in [0.2, 0.25) is 0 Å². The van der Waals surface area contributed by atoms with Gasteiger partial charge in [0, 0.05) is 35.5 Å². The number of halogens is 3. The van der Waals surface area contributed by atoms with E-state index in [0.717, 1.165) is 16.5 Å². The van der Waals surface area contributed by atoms with Crippen molar-refractivity contribution < 1.29 is 32.5 Å². The average Bonchev–Trinajstić information content (AvgIpc) is 2.94. The van der Waals surface area contributed by atoms with Gasteiger partial charge in [-0.2, -0.15) is 0 Å². The van der Waals surface area contributed by atoms with E-state index in [2.05, 4.69) is 4.74 Å². The maximum absolute atomic E-state index is 12.8. The highest BCUT2D eigenvalue weighted by atomic mass is 19.4. The Balaban J connectivity index is 1.97. The average molecular weight is 437 g/mol. The Morgan fingerprint density at radius 3 is 2.61 bits per heavy atom. The van der Waals surface area contributed by atoms with Gasteiger partial charge in [-0.05, 0) is 48.8 Å². The fraction of sp³-hybridized carbons (Fsp3) is 0.435. The number of alkyl halides is 3. The second kappa shape index (κ2) is 8.32. The van der Waals surface area contributed by atoms with Crippen molar-refractivity contribution in [3.05, 3.63) is 59.2 Å². The molecule has 1 aliphatic rings. The fourth-order valence-corrected chi connectivity index (χ4v) is 3.85. The summed E-state index contributed by atoms with van der Waals surface area (Å²) < 4.78 is 50.6. The summed E-state index contributed by atoms with van der Waals surface area (Å²) in [5.41, 5.74) is 1.09. The minimum atomic E-state index is -4.76. The lowest BCUT2D eigenvalue weighted by atomic mass is 9.80. The topological polar surface area (TPSA) is 60.7 Å². The van der Waals surface area contributed by atoms with Crippen LogP contribution in [0.4, 0.5) is 13.2 Å². The molecule has 0 saturated carbocycles. The van der Waals surface area contributed by atoms with Crippen molar-refractivity contribution in [2.45, 2.75) is 47.0 Å². The first-order valence-corrected chi connectivity index (χ1v) is 10.0. The minimum Gasteiger partial charge on any atom is -0.497 e. The molecule has 0 aliphatic heterocycles. The third kappa shape index (κ3) is 5.24. The predicted octanol–water partition coefficient (Wildman–Crippen LogP) is 6.03. The van der Waals surface area contributed by atoms with Crippen molar-refractivity contribution in [2.24, 2.45) is 11.3 Å². The van der Waals surface area contributed by atoms with Crippen molar-refractivity contribution in [3.63, 3.8) is 0 Å². The number of allylic oxidation sites excluding steroid dienone is 4. The Labute approximate surface area is 178 Å². The molecule has 8 heteroatoms. The molecule has 2 aromatic rings. The minimum absolute atomic E-state index is 0.0162. The molecular formula is C23H26F3NO4. The zero-order valence-electron chi connectivity index (χ0n) is 17.9. The van der Waals surface area contributed by atoms with Crippen molar-refractivity contribution in [3.8, 4) is 0 Å². The Morgan fingerprint density at radius 2 is 2.00 bits per heavy atom. The van der Waals surface area contributed by atoms with Crippen molar-refractivity contribution in [2.75, 3.05) is 6.61 Å². The molecule has 1 N–H and O–H groups in total. The molecule has 0 spiro atoms. The number of carboxylic acids is 1. The molecule has 31 heavy (non-hydrogen) atoms. The molecule has 1 atom stereocenters. The van der Waals surface area contributed by atoms with E-state index in [9.17, 15) is 23.1 Å². The standard InChI is InChI=1S/C23H26F3NO4/c1-14(2)12-30-20-8-6-17(31-23(24,25)26)10-22(20,4)13-27-11-15(3)18-9-16(21(28)29)5-7-19(18)27/h5-9,11,14H,10,12-13H2,1-4H3,(H,28,29). The van der Waals surface area contributed by atoms with Gasteiger partial charge < -0.3 is 19.1 Å². The summed E-state index contributed by atoms with van der Waals surface area (Å²) in [6, 6.07) is 4.85. The summed E-state index contributed by atoms with van der Waals surface area (Å²) in [7, 11) is 0. The number of aromatic carboxylic acids is 1. The van der Waals surface area contributed by atoms with Gasteiger partial charge in [-0.25, -0.2) is 4.79 Å². The number of carboxylic acid groups (broad SMARTS) is 1. The molecule has 0 saturated heterocycles. The van der Waals surface area contributed by atoms with Crippen LogP contribution in [0, 0.1) is 18.3 Å². The first-order valence-electron chi connectivity index (χ1n) is 10.0. The lowest BCUT2D eigenvalue weighted by molar-refractivity contribution is -0.307. The van der Waals surface area contributed by atoms with Gasteiger partial charge in [0.1, 0.15) is 11.5 Å². The molecule has 1 unspecified atom stereocenters. The summed E-state index contributed by atoms with van der Waals surface area (Å²) in [5.74, 6) is -0.337. The van der Waals surface area contributed by atoms with E-state index in [1.165, 1.54) is 12.1 Å². The molecule has 0 bridgehead atoms. The molecule has 0 fully saturated rings. The molecule has 1 aliphatic carbocycles. The van der Waals surface area contributed by atoms with Crippen LogP contribution >= 0.6 is 0 Å². The molecule has 1 heterocycles. The van der Waals surface area contributed by atoms with Gasteiger partial charge in [0.15, 0.2) is 0 Å². The van der Waals surface area contributed by atoms with Crippen LogP contribution in [0.25, 0.3) is 10.9 Å². The number of aromatic nitrogens is 1. The number of hydrogen-bond donors (Lipinski definition) is 1. The van der Waals surface area contributed by atoms with Gasteiger partial charge in [0.05, 0.1) is 12.2 Å². The van der Waals surface area contributed by atoms with Crippen LogP contribution < -0.4 is 0 Å². The summed E-state index contributed by atoms with van der Waals surface area (Å²) >= 11 is 0. The highest BCUT2D eigenvalue weighted by Crippen LogP contribution is 2.42. The van der Waals surface area contributed by atoms with Crippen molar-refractivity contribution in [1.82, 2.24) is 4.57 Å². The van der Waals surface area contributed by atoms with Gasteiger partial charge in [-0.1, -0.05) is 20.8 Å². The van der Waals surface area contributed by atoms with E-state index in [1.807, 2.05) is 38.5 Å². The van der Waals surface area contributed by atoms with Gasteiger partial charge in [-0.15, -0.1) is 13.2 Å². The second-order valence-electron chi connectivity index (χ2n) is 8.63. The fourth-order valence-electron chi connectivity index (χ4n) is 3.85. The Kier molecular flexibility index (Phi) is 6.11. The normalized spacial score (nSPS) is 19.4. The van der Waals surface area contributed by atoms with E-state index in [4.69, 9.17) is 4.74 Å². The number of fused-ring (bicyclic) bond motifs is 1. The smallest absolute Gasteiger partial charge is 0.497 e. The van der Waals surface area contributed by atoms with E-state index >= 15 is 0 Å². The number of aryl methyl sites for hydroxylation is 1. The lowest BCUT2D eigenvalue weighted by Crippen LogP contribution is -2.31.